The van der Waals surface area contributed by atoms with E-state index in [1.165, 1.54) is 9.35 Å². The molecule has 0 radical (unpaired) electrons. The first-order valence-electron chi connectivity index (χ1n) is 4.67. The third kappa shape index (κ3) is 2.00. The summed E-state index contributed by atoms with van der Waals surface area (Å²) in [6.07, 6.45) is 2.18. The molecule has 0 spiro atoms. The van der Waals surface area contributed by atoms with Gasteiger partial charge in [0.1, 0.15) is 0 Å². The van der Waals surface area contributed by atoms with Gasteiger partial charge in [-0.1, -0.05) is 0 Å². The molecule has 74 valence electrons. The van der Waals surface area contributed by atoms with E-state index in [-0.39, 0.29) is 6.04 Å². The quantitative estimate of drug-likeness (QED) is 0.826. The summed E-state index contributed by atoms with van der Waals surface area (Å²) < 4.78 is 1.20. The van der Waals surface area contributed by atoms with Gasteiger partial charge in [-0.2, -0.15) is 5.26 Å². The number of rotatable bonds is 2. The molecule has 0 aliphatic carbocycles. The highest BCUT2D eigenvalue weighted by Crippen LogP contribution is 2.27. The first-order valence-corrected chi connectivity index (χ1v) is 6.34. The van der Waals surface area contributed by atoms with Gasteiger partial charge in [0, 0.05) is 6.54 Å². The molecule has 14 heavy (non-hydrogen) atoms. The number of halogens is 1. The molecule has 4 heteroatoms. The van der Waals surface area contributed by atoms with Crippen molar-refractivity contribution in [2.75, 3.05) is 6.54 Å². The van der Waals surface area contributed by atoms with Gasteiger partial charge in [-0.3, -0.25) is 4.90 Å². The highest BCUT2D eigenvalue weighted by atomic mass is 79.9. The number of nitriles is 1. The maximum absolute atomic E-state index is 8.93. The summed E-state index contributed by atoms with van der Waals surface area (Å²) in [5, 5.41) is 11.0. The molecule has 1 aromatic heterocycles. The Labute approximate surface area is 96.3 Å². The second kappa shape index (κ2) is 4.43. The van der Waals surface area contributed by atoms with E-state index in [9.17, 15) is 0 Å². The minimum absolute atomic E-state index is 0.127. The van der Waals surface area contributed by atoms with E-state index >= 15 is 0 Å². The van der Waals surface area contributed by atoms with Gasteiger partial charge in [0.25, 0.3) is 0 Å². The highest BCUT2D eigenvalue weighted by Gasteiger charge is 2.24. The zero-order chi connectivity index (χ0) is 9.97. The van der Waals surface area contributed by atoms with Crippen LogP contribution >= 0.6 is 27.3 Å². The summed E-state index contributed by atoms with van der Waals surface area (Å²) in [7, 11) is 0. The normalized spacial score (nSPS) is 22.4. The van der Waals surface area contributed by atoms with Gasteiger partial charge < -0.3 is 0 Å². The lowest BCUT2D eigenvalue weighted by molar-refractivity contribution is 0.286. The predicted octanol–water partition coefficient (Wildman–Crippen LogP) is 3.00. The Morgan fingerprint density at radius 1 is 1.71 bits per heavy atom. The fourth-order valence-corrected chi connectivity index (χ4v) is 3.03. The summed E-state index contributed by atoms with van der Waals surface area (Å²) in [4.78, 5) is 2.26. The molecule has 0 bridgehead atoms. The minimum Gasteiger partial charge on any atom is -0.284 e. The lowest BCUT2D eigenvalue weighted by Gasteiger charge is -2.18. The molecule has 1 aromatic rings. The Morgan fingerprint density at radius 3 is 3.21 bits per heavy atom. The summed E-state index contributed by atoms with van der Waals surface area (Å²) in [5.74, 6) is 0. The van der Waals surface area contributed by atoms with Crippen LogP contribution in [0.5, 0.6) is 0 Å². The third-order valence-corrected chi connectivity index (χ3v) is 4.39. The summed E-state index contributed by atoms with van der Waals surface area (Å²) >= 11 is 5.23. The number of thiophene rings is 1. The molecule has 2 heterocycles. The van der Waals surface area contributed by atoms with Crippen LogP contribution in [0.1, 0.15) is 18.4 Å². The Hall–Kier alpha value is -0.370. The van der Waals surface area contributed by atoms with E-state index in [1.54, 1.807) is 11.3 Å². The van der Waals surface area contributed by atoms with Crippen molar-refractivity contribution in [1.29, 1.82) is 5.26 Å². The number of hydrogen-bond acceptors (Lipinski definition) is 3. The third-order valence-electron chi connectivity index (χ3n) is 2.58. The monoisotopic (exact) mass is 270 g/mol. The van der Waals surface area contributed by atoms with Crippen LogP contribution in [0.4, 0.5) is 0 Å². The average molecular weight is 271 g/mol. The Morgan fingerprint density at radius 2 is 2.57 bits per heavy atom. The lowest BCUT2D eigenvalue weighted by atomic mass is 10.2. The second-order valence-corrected chi connectivity index (χ2v) is 5.71. The molecule has 0 N–H and O–H groups in total. The summed E-state index contributed by atoms with van der Waals surface area (Å²) in [6, 6.07) is 4.61. The largest absolute Gasteiger partial charge is 0.284 e. The van der Waals surface area contributed by atoms with Crippen LogP contribution in [-0.2, 0) is 6.54 Å². The van der Waals surface area contributed by atoms with Crippen molar-refractivity contribution < 1.29 is 0 Å². The van der Waals surface area contributed by atoms with Crippen molar-refractivity contribution in [3.63, 3.8) is 0 Å². The molecule has 2 nitrogen and oxygen atoms in total. The molecule has 1 aliphatic rings. The first kappa shape index (κ1) is 10.2. The van der Waals surface area contributed by atoms with Gasteiger partial charge in [-0.15, -0.1) is 11.3 Å². The molecule has 2 rings (SSSR count). The molecule has 1 fully saturated rings. The lowest BCUT2D eigenvalue weighted by Crippen LogP contribution is -2.27. The van der Waals surface area contributed by atoms with Crippen molar-refractivity contribution in [3.8, 4) is 6.07 Å². The smallest absolute Gasteiger partial charge is 0.0981 e. The van der Waals surface area contributed by atoms with Crippen LogP contribution in [-0.4, -0.2) is 17.5 Å². The number of nitrogens with zero attached hydrogens (tertiary/aromatic N) is 2. The predicted molar refractivity (Wildman–Crippen MR) is 61.1 cm³/mol. The molecule has 1 saturated heterocycles. The van der Waals surface area contributed by atoms with Crippen LogP contribution < -0.4 is 0 Å². The standard InChI is InChI=1S/C10H11BrN2S/c11-10-8(3-5-14-10)7-13-4-1-2-9(13)6-12/h3,5,9H,1-2,4,7H2. The van der Waals surface area contributed by atoms with Crippen molar-refractivity contribution in [2.24, 2.45) is 0 Å². The first-order chi connectivity index (χ1) is 6.81. The van der Waals surface area contributed by atoms with Crippen molar-refractivity contribution in [1.82, 2.24) is 4.90 Å². The van der Waals surface area contributed by atoms with Crippen LogP contribution in [0.2, 0.25) is 0 Å². The van der Waals surface area contributed by atoms with E-state index in [1.807, 2.05) is 0 Å². The molecule has 1 atom stereocenters. The van der Waals surface area contributed by atoms with Gasteiger partial charge in [-0.05, 0) is 52.3 Å². The maximum Gasteiger partial charge on any atom is 0.0981 e. The van der Waals surface area contributed by atoms with E-state index in [4.69, 9.17) is 5.26 Å². The summed E-state index contributed by atoms with van der Waals surface area (Å²) in [5.41, 5.74) is 1.30. The van der Waals surface area contributed by atoms with Gasteiger partial charge in [0.05, 0.1) is 15.9 Å². The topological polar surface area (TPSA) is 27.0 Å². The van der Waals surface area contributed by atoms with Crippen molar-refractivity contribution in [2.45, 2.75) is 25.4 Å². The Kier molecular flexibility index (Phi) is 3.22. The van der Waals surface area contributed by atoms with E-state index in [0.717, 1.165) is 25.9 Å². The Bertz CT molecular complexity index is 355. The van der Waals surface area contributed by atoms with E-state index < -0.39 is 0 Å². The second-order valence-electron chi connectivity index (χ2n) is 3.48. The Balaban J connectivity index is 2.05. The van der Waals surface area contributed by atoms with Crippen molar-refractivity contribution >= 4 is 27.3 Å². The highest BCUT2D eigenvalue weighted by molar-refractivity contribution is 9.11. The molecular formula is C10H11BrN2S. The van der Waals surface area contributed by atoms with Gasteiger partial charge in [0.15, 0.2) is 0 Å². The minimum atomic E-state index is 0.127. The van der Waals surface area contributed by atoms with Gasteiger partial charge in [-0.25, -0.2) is 0 Å². The SMILES string of the molecule is N#CC1CCCN1Cc1ccsc1Br. The van der Waals surface area contributed by atoms with Crippen LogP contribution in [0.15, 0.2) is 15.2 Å². The summed E-state index contributed by atoms with van der Waals surface area (Å²) in [6.45, 7) is 1.96. The number of likely N-dealkylation sites (tertiary alicyclic amines) is 1. The fourth-order valence-electron chi connectivity index (χ4n) is 1.81. The number of hydrogen-bond donors (Lipinski definition) is 0. The average Bonchev–Trinajstić information content (AvgIpc) is 2.77. The van der Waals surface area contributed by atoms with Gasteiger partial charge in [0.2, 0.25) is 0 Å². The zero-order valence-electron chi connectivity index (χ0n) is 7.74. The molecular weight excluding hydrogens is 260 g/mol. The molecule has 0 aromatic carbocycles. The van der Waals surface area contributed by atoms with Gasteiger partial charge >= 0.3 is 0 Å². The molecule has 1 unspecified atom stereocenters. The molecule has 0 saturated carbocycles. The van der Waals surface area contributed by atoms with Crippen LogP contribution in [0, 0.1) is 11.3 Å². The van der Waals surface area contributed by atoms with Crippen molar-refractivity contribution in [3.05, 3.63) is 20.8 Å². The van der Waals surface area contributed by atoms with Crippen LogP contribution in [0.3, 0.4) is 0 Å². The molecule has 1 aliphatic heterocycles. The maximum atomic E-state index is 8.93. The zero-order valence-corrected chi connectivity index (χ0v) is 10.1. The fraction of sp³-hybridized carbons (Fsp3) is 0.500. The van der Waals surface area contributed by atoms with E-state index in [0.29, 0.717) is 0 Å². The van der Waals surface area contributed by atoms with E-state index in [2.05, 4.69) is 38.3 Å². The van der Waals surface area contributed by atoms with Crippen LogP contribution in [0.25, 0.3) is 0 Å². The molecule has 0 amide bonds.